The fourth-order valence-corrected chi connectivity index (χ4v) is 3.06. The second-order valence-corrected chi connectivity index (χ2v) is 6.71. The van der Waals surface area contributed by atoms with Crippen LogP contribution >= 0.6 is 35.3 Å². The number of aliphatic imine (C=N–C) groups is 1. The van der Waals surface area contributed by atoms with Gasteiger partial charge in [0.05, 0.1) is 11.6 Å². The lowest BCUT2D eigenvalue weighted by atomic mass is 10.1. The van der Waals surface area contributed by atoms with Gasteiger partial charge in [-0.1, -0.05) is 19.1 Å². The van der Waals surface area contributed by atoms with Gasteiger partial charge < -0.3 is 16.4 Å². The monoisotopic (exact) mass is 487 g/mol. The average Bonchev–Trinajstić information content (AvgIpc) is 3.08. The van der Waals surface area contributed by atoms with E-state index in [-0.39, 0.29) is 24.0 Å². The topological polar surface area (TPSA) is 92.4 Å². The fourth-order valence-electron chi connectivity index (χ4n) is 2.20. The maximum absolute atomic E-state index is 11.1. The number of aromatic nitrogens is 1. The highest BCUT2D eigenvalue weighted by molar-refractivity contribution is 14.0. The minimum atomic E-state index is -0.418. The van der Waals surface area contributed by atoms with Crippen LogP contribution in [-0.2, 0) is 19.4 Å². The maximum atomic E-state index is 11.1. The summed E-state index contributed by atoms with van der Waals surface area (Å²) in [5.74, 6) is 0.354. The molecular formula is C18H26IN5OS. The van der Waals surface area contributed by atoms with Crippen LogP contribution in [0.15, 0.2) is 35.5 Å². The first-order valence-corrected chi connectivity index (χ1v) is 9.28. The predicted molar refractivity (Wildman–Crippen MR) is 118 cm³/mol. The third kappa shape index (κ3) is 7.28. The van der Waals surface area contributed by atoms with Crippen LogP contribution in [0, 0.1) is 0 Å². The SMILES string of the molecule is CCNC(=NCc1ccc(C(N)=O)cc1)NCCc1ncc(CC)s1.I. The van der Waals surface area contributed by atoms with Crippen LogP contribution in [0.5, 0.6) is 0 Å². The number of hydrogen-bond donors (Lipinski definition) is 3. The summed E-state index contributed by atoms with van der Waals surface area (Å²) < 4.78 is 0. The van der Waals surface area contributed by atoms with Crippen molar-refractivity contribution < 1.29 is 4.79 Å². The first-order valence-electron chi connectivity index (χ1n) is 8.46. The summed E-state index contributed by atoms with van der Waals surface area (Å²) in [7, 11) is 0. The van der Waals surface area contributed by atoms with Crippen LogP contribution in [0.2, 0.25) is 0 Å². The number of halogens is 1. The minimum Gasteiger partial charge on any atom is -0.366 e. The zero-order valence-corrected chi connectivity index (χ0v) is 18.3. The lowest BCUT2D eigenvalue weighted by Gasteiger charge is -2.10. The van der Waals surface area contributed by atoms with E-state index in [1.807, 2.05) is 25.3 Å². The Hall–Kier alpha value is -1.68. The highest BCUT2D eigenvalue weighted by Gasteiger charge is 2.03. The fraction of sp³-hybridized carbons (Fsp3) is 0.389. The van der Waals surface area contributed by atoms with E-state index < -0.39 is 5.91 Å². The van der Waals surface area contributed by atoms with Gasteiger partial charge in [0.15, 0.2) is 5.96 Å². The molecule has 2 rings (SSSR count). The molecule has 1 aromatic heterocycles. The van der Waals surface area contributed by atoms with Crippen LogP contribution in [0.1, 0.15) is 39.7 Å². The van der Waals surface area contributed by atoms with Crippen LogP contribution in [0.25, 0.3) is 0 Å². The molecule has 0 aliphatic rings. The zero-order valence-electron chi connectivity index (χ0n) is 15.1. The maximum Gasteiger partial charge on any atom is 0.248 e. The van der Waals surface area contributed by atoms with E-state index in [9.17, 15) is 4.79 Å². The third-order valence-corrected chi connectivity index (χ3v) is 4.79. The number of aryl methyl sites for hydroxylation is 1. The third-order valence-electron chi connectivity index (χ3n) is 3.58. The Morgan fingerprint density at radius 1 is 1.23 bits per heavy atom. The average molecular weight is 487 g/mol. The second kappa shape index (κ2) is 11.8. The number of hydrogen-bond acceptors (Lipinski definition) is 4. The van der Waals surface area contributed by atoms with Gasteiger partial charge >= 0.3 is 0 Å². The lowest BCUT2D eigenvalue weighted by Crippen LogP contribution is -2.38. The molecule has 0 fully saturated rings. The van der Waals surface area contributed by atoms with Gasteiger partial charge in [0, 0.05) is 36.1 Å². The molecule has 1 aromatic carbocycles. The van der Waals surface area contributed by atoms with Crippen molar-refractivity contribution in [2.45, 2.75) is 33.2 Å². The van der Waals surface area contributed by atoms with Crippen molar-refractivity contribution in [2.24, 2.45) is 10.7 Å². The van der Waals surface area contributed by atoms with Gasteiger partial charge in [-0.05, 0) is 31.0 Å². The van der Waals surface area contributed by atoms with Crippen LogP contribution < -0.4 is 16.4 Å². The molecule has 0 saturated heterocycles. The van der Waals surface area contributed by atoms with Crippen LogP contribution in [0.3, 0.4) is 0 Å². The summed E-state index contributed by atoms with van der Waals surface area (Å²) in [4.78, 5) is 21.4. The summed E-state index contributed by atoms with van der Waals surface area (Å²) in [6.07, 6.45) is 3.86. The first-order chi connectivity index (χ1) is 12.1. The lowest BCUT2D eigenvalue weighted by molar-refractivity contribution is 0.100. The van der Waals surface area contributed by atoms with E-state index in [1.165, 1.54) is 4.88 Å². The summed E-state index contributed by atoms with van der Waals surface area (Å²) in [6, 6.07) is 7.19. The predicted octanol–water partition coefficient (Wildman–Crippen LogP) is 2.72. The highest BCUT2D eigenvalue weighted by atomic mass is 127. The van der Waals surface area contributed by atoms with Crippen LogP contribution in [-0.4, -0.2) is 29.9 Å². The molecule has 1 amide bonds. The molecule has 6 nitrogen and oxygen atoms in total. The molecule has 8 heteroatoms. The molecule has 26 heavy (non-hydrogen) atoms. The highest BCUT2D eigenvalue weighted by Crippen LogP contribution is 2.13. The van der Waals surface area contributed by atoms with Crippen molar-refractivity contribution >= 4 is 47.2 Å². The number of primary amides is 1. The van der Waals surface area contributed by atoms with E-state index >= 15 is 0 Å². The molecule has 0 spiro atoms. The molecule has 0 radical (unpaired) electrons. The Balaban J connectivity index is 0.00000338. The molecule has 0 unspecified atom stereocenters. The molecule has 0 bridgehead atoms. The molecular weight excluding hydrogens is 461 g/mol. The largest absolute Gasteiger partial charge is 0.366 e. The molecule has 1 heterocycles. The smallest absolute Gasteiger partial charge is 0.248 e. The number of amides is 1. The van der Waals surface area contributed by atoms with Crippen LogP contribution in [0.4, 0.5) is 0 Å². The number of carbonyl (C=O) groups excluding carboxylic acids is 1. The number of nitrogens with zero attached hydrogens (tertiary/aromatic N) is 2. The molecule has 0 saturated carbocycles. The number of benzene rings is 1. The number of rotatable bonds is 8. The summed E-state index contributed by atoms with van der Waals surface area (Å²) >= 11 is 1.76. The first kappa shape index (κ1) is 22.4. The van der Waals surface area contributed by atoms with E-state index in [0.717, 1.165) is 42.5 Å². The number of carbonyl (C=O) groups is 1. The Morgan fingerprint density at radius 3 is 2.54 bits per heavy atom. The van der Waals surface area contributed by atoms with E-state index in [1.54, 1.807) is 23.5 Å². The molecule has 142 valence electrons. The van der Waals surface area contributed by atoms with Gasteiger partial charge in [0.1, 0.15) is 0 Å². The van der Waals surface area contributed by atoms with Crippen molar-refractivity contribution in [3.8, 4) is 0 Å². The summed E-state index contributed by atoms with van der Waals surface area (Å²) in [5, 5.41) is 7.70. The molecule has 0 atom stereocenters. The Bertz CT molecular complexity index is 715. The molecule has 0 aliphatic heterocycles. The molecule has 0 aliphatic carbocycles. The van der Waals surface area contributed by atoms with Gasteiger partial charge in [0.25, 0.3) is 0 Å². The standard InChI is InChI=1S/C18H25N5OS.HI/c1-3-15-12-22-16(25-15)9-10-21-18(20-4-2)23-11-13-5-7-14(8-6-13)17(19)24;/h5-8,12H,3-4,9-11H2,1-2H3,(H2,19,24)(H2,20,21,23);1H. The second-order valence-electron chi connectivity index (χ2n) is 5.51. The summed E-state index contributed by atoms with van der Waals surface area (Å²) in [5.41, 5.74) is 6.78. The Kier molecular flexibility index (Phi) is 10.2. The number of nitrogens with two attached hydrogens (primary N) is 1. The van der Waals surface area contributed by atoms with E-state index in [2.05, 4.69) is 27.5 Å². The van der Waals surface area contributed by atoms with E-state index in [4.69, 9.17) is 5.73 Å². The van der Waals surface area contributed by atoms with Gasteiger partial charge in [0.2, 0.25) is 5.91 Å². The van der Waals surface area contributed by atoms with Crippen molar-refractivity contribution in [3.63, 3.8) is 0 Å². The Labute approximate surface area is 175 Å². The van der Waals surface area contributed by atoms with Crippen molar-refractivity contribution in [1.29, 1.82) is 0 Å². The normalized spacial score (nSPS) is 10.9. The Morgan fingerprint density at radius 2 is 1.96 bits per heavy atom. The zero-order chi connectivity index (χ0) is 18.1. The van der Waals surface area contributed by atoms with Gasteiger partial charge in [-0.25, -0.2) is 9.98 Å². The quantitative estimate of drug-likeness (QED) is 0.303. The van der Waals surface area contributed by atoms with Gasteiger partial charge in [-0.2, -0.15) is 0 Å². The molecule has 4 N–H and O–H groups in total. The summed E-state index contributed by atoms with van der Waals surface area (Å²) in [6.45, 7) is 6.28. The molecule has 2 aromatic rings. The van der Waals surface area contributed by atoms with Gasteiger partial charge in [-0.15, -0.1) is 35.3 Å². The van der Waals surface area contributed by atoms with Crippen molar-refractivity contribution in [1.82, 2.24) is 15.6 Å². The number of guanidine groups is 1. The minimum absolute atomic E-state index is 0. The number of nitrogens with one attached hydrogen (secondary N) is 2. The van der Waals surface area contributed by atoms with Gasteiger partial charge in [-0.3, -0.25) is 4.79 Å². The van der Waals surface area contributed by atoms with Crippen molar-refractivity contribution in [3.05, 3.63) is 51.5 Å². The number of thiazole rings is 1. The van der Waals surface area contributed by atoms with E-state index in [0.29, 0.717) is 12.1 Å². The van der Waals surface area contributed by atoms with Crippen molar-refractivity contribution in [2.75, 3.05) is 13.1 Å².